The van der Waals surface area contributed by atoms with Gasteiger partial charge in [-0.1, -0.05) is 43.0 Å². The van der Waals surface area contributed by atoms with Gasteiger partial charge in [-0.2, -0.15) is 0 Å². The predicted molar refractivity (Wildman–Crippen MR) is 92.8 cm³/mol. The molecule has 0 bridgehead atoms. The molecule has 0 radical (unpaired) electrons. The van der Waals surface area contributed by atoms with Crippen molar-refractivity contribution in [1.29, 1.82) is 0 Å². The van der Waals surface area contributed by atoms with Crippen LogP contribution in [0.2, 0.25) is 0 Å². The molecule has 0 saturated heterocycles. The number of hydrogen-bond acceptors (Lipinski definition) is 3. The van der Waals surface area contributed by atoms with Crippen LogP contribution in [0.15, 0.2) is 54.6 Å². The normalized spacial score (nSPS) is 13.0. The molecule has 1 aliphatic heterocycles. The maximum Gasteiger partial charge on any atom is 0.254 e. The molecular weight excluding hydrogens is 302 g/mol. The molecule has 1 heterocycles. The zero-order valence-corrected chi connectivity index (χ0v) is 13.3. The van der Waals surface area contributed by atoms with Crippen molar-refractivity contribution in [3.05, 3.63) is 71.3 Å². The van der Waals surface area contributed by atoms with Crippen molar-refractivity contribution in [2.75, 3.05) is 6.54 Å². The van der Waals surface area contributed by atoms with E-state index in [1.54, 1.807) is 4.90 Å². The molecule has 3 rings (SSSR count). The number of benzene rings is 2. The van der Waals surface area contributed by atoms with Gasteiger partial charge in [0.05, 0.1) is 6.54 Å². The Bertz CT molecular complexity index is 825. The lowest BCUT2D eigenvalue weighted by atomic mass is 9.96. The Kier molecular flexibility index (Phi) is 4.18. The van der Waals surface area contributed by atoms with Gasteiger partial charge in [-0.3, -0.25) is 9.59 Å². The summed E-state index contributed by atoms with van der Waals surface area (Å²) >= 11 is 0. The Morgan fingerprint density at radius 1 is 1.12 bits per heavy atom. The molecule has 0 fully saturated rings. The molecule has 1 aliphatic rings. The second-order valence-corrected chi connectivity index (χ2v) is 5.86. The molecule has 0 unspecified atom stereocenters. The fourth-order valence-corrected chi connectivity index (χ4v) is 2.92. The number of nitrogens with zero attached hydrogens (tertiary/aromatic N) is 1. The summed E-state index contributed by atoms with van der Waals surface area (Å²) in [6.45, 7) is 4.72. The number of hydrogen-bond donors (Lipinski definition) is 2. The van der Waals surface area contributed by atoms with E-state index < -0.39 is 5.91 Å². The van der Waals surface area contributed by atoms with Crippen LogP contribution >= 0.6 is 0 Å². The molecule has 2 aromatic carbocycles. The largest absolute Gasteiger partial charge is 0.366 e. The highest BCUT2D eigenvalue weighted by molar-refractivity contribution is 6.01. The zero-order valence-electron chi connectivity index (χ0n) is 13.3. The van der Waals surface area contributed by atoms with Gasteiger partial charge in [0.25, 0.3) is 5.91 Å². The van der Waals surface area contributed by atoms with Crippen LogP contribution in [0.1, 0.15) is 21.5 Å². The van der Waals surface area contributed by atoms with Gasteiger partial charge in [0.2, 0.25) is 5.91 Å². The molecule has 122 valence electrons. The van der Waals surface area contributed by atoms with Gasteiger partial charge in [-0.25, -0.2) is 0 Å². The predicted octanol–water partition coefficient (Wildman–Crippen LogP) is 1.81. The van der Waals surface area contributed by atoms with Gasteiger partial charge in [0.15, 0.2) is 0 Å². The first kappa shape index (κ1) is 16.0. The summed E-state index contributed by atoms with van der Waals surface area (Å²) in [7, 11) is 0. The highest BCUT2D eigenvalue weighted by atomic mass is 16.2. The fraction of sp³-hybridized carbons (Fsp3) is 0.158. The number of rotatable bonds is 5. The Morgan fingerprint density at radius 3 is 2.42 bits per heavy atom. The molecular formula is C19H19N3O2. The van der Waals surface area contributed by atoms with E-state index in [0.29, 0.717) is 18.7 Å². The summed E-state index contributed by atoms with van der Waals surface area (Å²) in [6.07, 6.45) is 0. The molecule has 0 atom stereocenters. The van der Waals surface area contributed by atoms with Crippen LogP contribution in [0.25, 0.3) is 11.1 Å². The first-order chi connectivity index (χ1) is 11.5. The average Bonchev–Trinajstić information content (AvgIpc) is 2.91. The Hall–Kier alpha value is -2.92. The van der Waals surface area contributed by atoms with Gasteiger partial charge < -0.3 is 16.4 Å². The SMILES string of the molecule is C=C(CN1Cc2c(cccc2-c2ccc(CN)cc2)C1=O)C(N)=O. The van der Waals surface area contributed by atoms with Crippen LogP contribution in [0.3, 0.4) is 0 Å². The zero-order chi connectivity index (χ0) is 17.3. The number of carbonyl (C=O) groups excluding carboxylic acids is 2. The molecule has 4 N–H and O–H groups in total. The maximum atomic E-state index is 12.6. The molecule has 24 heavy (non-hydrogen) atoms. The van der Waals surface area contributed by atoms with Gasteiger partial charge in [-0.15, -0.1) is 0 Å². The van der Waals surface area contributed by atoms with Gasteiger partial charge >= 0.3 is 0 Å². The quantitative estimate of drug-likeness (QED) is 0.823. The Labute approximate surface area is 140 Å². The van der Waals surface area contributed by atoms with Crippen LogP contribution < -0.4 is 11.5 Å². The van der Waals surface area contributed by atoms with Gasteiger partial charge in [-0.05, 0) is 28.3 Å². The van der Waals surface area contributed by atoms with E-state index in [9.17, 15) is 9.59 Å². The summed E-state index contributed by atoms with van der Waals surface area (Å²) < 4.78 is 0. The maximum absolute atomic E-state index is 12.6. The van der Waals surface area contributed by atoms with E-state index in [1.165, 1.54) is 0 Å². The number of fused-ring (bicyclic) bond motifs is 1. The number of primary amides is 1. The van der Waals surface area contributed by atoms with Crippen molar-refractivity contribution >= 4 is 11.8 Å². The number of carbonyl (C=O) groups is 2. The number of nitrogens with two attached hydrogens (primary N) is 2. The van der Waals surface area contributed by atoms with E-state index in [2.05, 4.69) is 6.58 Å². The van der Waals surface area contributed by atoms with Crippen molar-refractivity contribution in [3.8, 4) is 11.1 Å². The lowest BCUT2D eigenvalue weighted by Crippen LogP contribution is -2.30. The molecule has 2 amide bonds. The van der Waals surface area contributed by atoms with E-state index in [-0.39, 0.29) is 18.0 Å². The second-order valence-electron chi connectivity index (χ2n) is 5.86. The highest BCUT2D eigenvalue weighted by Crippen LogP contribution is 2.33. The van der Waals surface area contributed by atoms with Gasteiger partial charge in [0.1, 0.15) is 0 Å². The molecule has 0 saturated carbocycles. The summed E-state index contributed by atoms with van der Waals surface area (Å²) in [6, 6.07) is 13.7. The minimum atomic E-state index is -0.587. The third-order valence-electron chi connectivity index (χ3n) is 4.27. The molecule has 5 heteroatoms. The van der Waals surface area contributed by atoms with Crippen molar-refractivity contribution in [1.82, 2.24) is 4.90 Å². The van der Waals surface area contributed by atoms with E-state index >= 15 is 0 Å². The first-order valence-electron chi connectivity index (χ1n) is 7.69. The molecule has 2 aromatic rings. The number of amides is 2. The summed E-state index contributed by atoms with van der Waals surface area (Å²) in [5.74, 6) is -0.691. The van der Waals surface area contributed by atoms with Crippen molar-refractivity contribution < 1.29 is 9.59 Å². The van der Waals surface area contributed by atoms with Crippen LogP contribution in [0, 0.1) is 0 Å². The second kappa shape index (κ2) is 6.29. The van der Waals surface area contributed by atoms with E-state index in [4.69, 9.17) is 11.5 Å². The molecule has 5 nitrogen and oxygen atoms in total. The summed E-state index contributed by atoms with van der Waals surface area (Å²) in [4.78, 5) is 25.3. The summed E-state index contributed by atoms with van der Waals surface area (Å²) in [5, 5.41) is 0. The molecule has 0 spiro atoms. The smallest absolute Gasteiger partial charge is 0.254 e. The third kappa shape index (κ3) is 2.81. The standard InChI is InChI=1S/C19H19N3O2/c1-12(18(21)23)10-22-11-17-15(3-2-4-16(17)19(22)24)14-7-5-13(9-20)6-8-14/h2-8H,1,9-11,20H2,(H2,21,23). The Morgan fingerprint density at radius 2 is 1.79 bits per heavy atom. The van der Waals surface area contributed by atoms with Crippen LogP contribution in [-0.4, -0.2) is 23.3 Å². The molecule has 0 aromatic heterocycles. The average molecular weight is 321 g/mol. The fourth-order valence-electron chi connectivity index (χ4n) is 2.92. The van der Waals surface area contributed by atoms with E-state index in [1.807, 2.05) is 42.5 Å². The van der Waals surface area contributed by atoms with E-state index in [0.717, 1.165) is 22.3 Å². The van der Waals surface area contributed by atoms with Gasteiger partial charge in [0, 0.05) is 24.2 Å². The van der Waals surface area contributed by atoms with Crippen LogP contribution in [-0.2, 0) is 17.9 Å². The third-order valence-corrected chi connectivity index (χ3v) is 4.27. The van der Waals surface area contributed by atoms with Crippen molar-refractivity contribution in [2.24, 2.45) is 11.5 Å². The van der Waals surface area contributed by atoms with Crippen molar-refractivity contribution in [2.45, 2.75) is 13.1 Å². The monoisotopic (exact) mass is 321 g/mol. The van der Waals surface area contributed by atoms with Crippen LogP contribution in [0.4, 0.5) is 0 Å². The minimum Gasteiger partial charge on any atom is -0.366 e. The lowest BCUT2D eigenvalue weighted by molar-refractivity contribution is -0.114. The first-order valence-corrected chi connectivity index (χ1v) is 7.69. The Balaban J connectivity index is 1.94. The topological polar surface area (TPSA) is 89.4 Å². The lowest BCUT2D eigenvalue weighted by Gasteiger charge is -2.15. The molecule has 0 aliphatic carbocycles. The highest BCUT2D eigenvalue weighted by Gasteiger charge is 2.30. The summed E-state index contributed by atoms with van der Waals surface area (Å²) in [5.41, 5.74) is 15.8. The van der Waals surface area contributed by atoms with Crippen LogP contribution in [0.5, 0.6) is 0 Å². The van der Waals surface area contributed by atoms with Crippen molar-refractivity contribution in [3.63, 3.8) is 0 Å². The minimum absolute atomic E-state index is 0.104.